The summed E-state index contributed by atoms with van der Waals surface area (Å²) in [5.74, 6) is -1.14. The predicted molar refractivity (Wildman–Crippen MR) is 84.9 cm³/mol. The number of rotatable bonds is 4. The first-order valence-electron chi connectivity index (χ1n) is 7.38. The maximum Gasteiger partial charge on any atom is 0.422 e. The normalized spacial score (nSPS) is 17.7. The molecule has 1 atom stereocenters. The second-order valence-corrected chi connectivity index (χ2v) is 5.75. The second kappa shape index (κ2) is 7.04. The van der Waals surface area contributed by atoms with Crippen molar-refractivity contribution in [1.82, 2.24) is 10.6 Å². The van der Waals surface area contributed by atoms with E-state index in [0.717, 1.165) is 5.69 Å². The molecule has 0 radical (unpaired) electrons. The molecule has 25 heavy (non-hydrogen) atoms. The molecule has 0 aliphatic carbocycles. The lowest BCUT2D eigenvalue weighted by atomic mass is 9.95. The number of halogens is 3. The van der Waals surface area contributed by atoms with Gasteiger partial charge >= 0.3 is 18.2 Å². The minimum Gasteiger partial charge on any atom is -0.453 e. The molecule has 0 saturated carbocycles. The number of carbonyl (C=O) groups is 2. The fourth-order valence-corrected chi connectivity index (χ4v) is 2.40. The van der Waals surface area contributed by atoms with Crippen LogP contribution in [-0.2, 0) is 9.53 Å². The number of urea groups is 1. The van der Waals surface area contributed by atoms with Gasteiger partial charge in [0.15, 0.2) is 6.61 Å². The molecule has 0 bridgehead atoms. The van der Waals surface area contributed by atoms with Gasteiger partial charge in [0.2, 0.25) is 0 Å². The number of anilines is 1. The van der Waals surface area contributed by atoms with Crippen LogP contribution in [-0.4, -0.2) is 38.9 Å². The zero-order valence-electron chi connectivity index (χ0n) is 13.9. The highest BCUT2D eigenvalue weighted by molar-refractivity contribution is 5.95. The van der Waals surface area contributed by atoms with Gasteiger partial charge in [-0.1, -0.05) is 12.1 Å². The van der Waals surface area contributed by atoms with Crippen LogP contribution in [0.25, 0.3) is 0 Å². The minimum absolute atomic E-state index is 0.0681. The molecule has 0 aromatic heterocycles. The van der Waals surface area contributed by atoms with Gasteiger partial charge in [-0.3, -0.25) is 0 Å². The Kier molecular flexibility index (Phi) is 5.24. The van der Waals surface area contributed by atoms with Gasteiger partial charge in [-0.25, -0.2) is 9.59 Å². The van der Waals surface area contributed by atoms with Gasteiger partial charge in [-0.15, -0.1) is 0 Å². The maximum absolute atomic E-state index is 12.3. The van der Waals surface area contributed by atoms with Crippen LogP contribution in [0, 0.1) is 0 Å². The number of allylic oxidation sites excluding steroid dienone is 1. The minimum atomic E-state index is -4.63. The number of hydrogen-bond donors (Lipinski definition) is 2. The van der Waals surface area contributed by atoms with E-state index in [2.05, 4.69) is 15.4 Å². The van der Waals surface area contributed by atoms with E-state index >= 15 is 0 Å². The van der Waals surface area contributed by atoms with E-state index in [1.807, 2.05) is 19.0 Å². The molecule has 1 heterocycles. The van der Waals surface area contributed by atoms with Crippen molar-refractivity contribution >= 4 is 17.7 Å². The molecule has 0 saturated heterocycles. The lowest BCUT2D eigenvalue weighted by Crippen LogP contribution is -2.45. The number of benzene rings is 1. The first-order valence-corrected chi connectivity index (χ1v) is 7.38. The lowest BCUT2D eigenvalue weighted by molar-refractivity contribution is -0.183. The molecule has 9 heteroatoms. The highest BCUT2D eigenvalue weighted by atomic mass is 19.4. The summed E-state index contributed by atoms with van der Waals surface area (Å²) < 4.78 is 41.2. The zero-order chi connectivity index (χ0) is 18.8. The highest BCUT2D eigenvalue weighted by Gasteiger charge is 2.35. The Hall–Kier alpha value is -2.71. The molecule has 0 fully saturated rings. The van der Waals surface area contributed by atoms with Crippen molar-refractivity contribution < 1.29 is 27.5 Å². The Morgan fingerprint density at radius 2 is 1.84 bits per heavy atom. The molecule has 2 amide bonds. The Morgan fingerprint density at radius 1 is 1.24 bits per heavy atom. The number of nitrogens with one attached hydrogen (secondary N) is 2. The van der Waals surface area contributed by atoms with Gasteiger partial charge in [-0.2, -0.15) is 13.2 Å². The van der Waals surface area contributed by atoms with Crippen LogP contribution in [0.3, 0.4) is 0 Å². The van der Waals surface area contributed by atoms with Crippen molar-refractivity contribution in [2.24, 2.45) is 0 Å². The molecule has 1 aromatic carbocycles. The van der Waals surface area contributed by atoms with E-state index in [0.29, 0.717) is 5.56 Å². The van der Waals surface area contributed by atoms with Crippen LogP contribution in [0.4, 0.5) is 23.7 Å². The van der Waals surface area contributed by atoms with E-state index in [4.69, 9.17) is 0 Å². The van der Waals surface area contributed by atoms with Crippen molar-refractivity contribution in [3.8, 4) is 0 Å². The van der Waals surface area contributed by atoms with E-state index in [1.165, 1.54) is 6.92 Å². The molecule has 0 unspecified atom stereocenters. The van der Waals surface area contributed by atoms with Crippen LogP contribution in [0.1, 0.15) is 18.5 Å². The number of esters is 1. The average Bonchev–Trinajstić information content (AvgIpc) is 2.51. The summed E-state index contributed by atoms with van der Waals surface area (Å²) in [6.45, 7) is -0.257. The van der Waals surface area contributed by atoms with Crippen LogP contribution in [0.2, 0.25) is 0 Å². The number of carbonyl (C=O) groups excluding carboxylic acids is 2. The van der Waals surface area contributed by atoms with Crippen LogP contribution in [0.5, 0.6) is 0 Å². The van der Waals surface area contributed by atoms with E-state index in [1.54, 1.807) is 24.3 Å². The van der Waals surface area contributed by atoms with Gasteiger partial charge in [0.05, 0.1) is 11.6 Å². The Labute approximate surface area is 142 Å². The van der Waals surface area contributed by atoms with Gasteiger partial charge in [-0.05, 0) is 24.6 Å². The van der Waals surface area contributed by atoms with Crippen LogP contribution >= 0.6 is 0 Å². The number of ether oxygens (including phenoxy) is 1. The maximum atomic E-state index is 12.3. The quantitative estimate of drug-likeness (QED) is 0.813. The van der Waals surface area contributed by atoms with Crippen LogP contribution < -0.4 is 15.5 Å². The highest BCUT2D eigenvalue weighted by Crippen LogP contribution is 2.29. The topological polar surface area (TPSA) is 70.7 Å². The molecular weight excluding hydrogens is 339 g/mol. The van der Waals surface area contributed by atoms with Gasteiger partial charge in [0, 0.05) is 25.5 Å². The predicted octanol–water partition coefficient (Wildman–Crippen LogP) is 2.49. The van der Waals surface area contributed by atoms with Crippen molar-refractivity contribution in [1.29, 1.82) is 0 Å². The third kappa shape index (κ3) is 4.65. The van der Waals surface area contributed by atoms with Gasteiger partial charge < -0.3 is 20.3 Å². The molecule has 1 aromatic rings. The largest absolute Gasteiger partial charge is 0.453 e. The molecule has 2 rings (SSSR count). The molecule has 1 aliphatic heterocycles. The van der Waals surface area contributed by atoms with Crippen LogP contribution in [0.15, 0.2) is 35.5 Å². The number of alkyl halides is 3. The lowest BCUT2D eigenvalue weighted by Gasteiger charge is -2.28. The van der Waals surface area contributed by atoms with Crippen molar-refractivity contribution in [3.63, 3.8) is 0 Å². The summed E-state index contributed by atoms with van der Waals surface area (Å²) in [6, 6.07) is 5.48. The average molecular weight is 357 g/mol. The number of nitrogens with zero attached hydrogens (tertiary/aromatic N) is 1. The number of amides is 2. The fraction of sp³-hybridized carbons (Fsp3) is 0.375. The standard InChI is InChI=1S/C16H18F3N3O3/c1-9-12(14(23)25-8-16(17,18)19)13(21-15(24)20-9)10-4-6-11(7-5-10)22(2)3/h4-7,13H,8H2,1-3H3,(H2,20,21,24)/t13-/m0/s1. The summed E-state index contributed by atoms with van der Waals surface area (Å²) in [5.41, 5.74) is 1.53. The number of hydrogen-bond acceptors (Lipinski definition) is 4. The molecule has 1 aliphatic rings. The molecule has 2 N–H and O–H groups in total. The summed E-state index contributed by atoms with van der Waals surface area (Å²) in [7, 11) is 3.70. The summed E-state index contributed by atoms with van der Waals surface area (Å²) in [4.78, 5) is 25.7. The summed E-state index contributed by atoms with van der Waals surface area (Å²) in [5, 5.41) is 4.91. The Bertz CT molecular complexity index is 697. The molecular formula is C16H18F3N3O3. The third-order valence-corrected chi connectivity index (χ3v) is 3.60. The molecule has 0 spiro atoms. The monoisotopic (exact) mass is 357 g/mol. The first-order chi connectivity index (χ1) is 11.6. The van der Waals surface area contributed by atoms with E-state index < -0.39 is 30.8 Å². The fourth-order valence-electron chi connectivity index (χ4n) is 2.40. The van der Waals surface area contributed by atoms with Crippen molar-refractivity contribution in [2.45, 2.75) is 19.1 Å². The van der Waals surface area contributed by atoms with Gasteiger partial charge in [0.25, 0.3) is 0 Å². The van der Waals surface area contributed by atoms with Gasteiger partial charge in [0.1, 0.15) is 0 Å². The molecule has 136 valence electrons. The van der Waals surface area contributed by atoms with Crippen molar-refractivity contribution in [3.05, 3.63) is 41.1 Å². The first kappa shape index (κ1) is 18.6. The van der Waals surface area contributed by atoms with Crippen molar-refractivity contribution in [2.75, 3.05) is 25.6 Å². The van der Waals surface area contributed by atoms with E-state index in [9.17, 15) is 22.8 Å². The summed E-state index contributed by atoms with van der Waals surface area (Å²) >= 11 is 0. The SMILES string of the molecule is CC1=C(C(=O)OCC(F)(F)F)[C@H](c2ccc(N(C)C)cc2)NC(=O)N1. The second-order valence-electron chi connectivity index (χ2n) is 5.75. The zero-order valence-corrected chi connectivity index (χ0v) is 13.9. The molecule has 6 nitrogen and oxygen atoms in total. The third-order valence-electron chi connectivity index (χ3n) is 3.60. The van der Waals surface area contributed by atoms with E-state index in [-0.39, 0.29) is 11.3 Å². The Morgan fingerprint density at radius 3 is 2.36 bits per heavy atom. The summed E-state index contributed by atoms with van der Waals surface area (Å²) in [6.07, 6.45) is -4.63. The Balaban J connectivity index is 2.31. The smallest absolute Gasteiger partial charge is 0.422 e.